The molecule has 2 rings (SSSR count). The molecule has 0 atom stereocenters. The summed E-state index contributed by atoms with van der Waals surface area (Å²) in [5.74, 6) is 0.816. The molecule has 2 amide bonds. The highest BCUT2D eigenvalue weighted by Gasteiger charge is 2.12. The predicted octanol–water partition coefficient (Wildman–Crippen LogP) is 4.37. The number of anilines is 1. The summed E-state index contributed by atoms with van der Waals surface area (Å²) in [5, 5.41) is 2.95. The Kier molecular flexibility index (Phi) is 5.63. The van der Waals surface area contributed by atoms with E-state index in [0.717, 1.165) is 22.6 Å². The summed E-state index contributed by atoms with van der Waals surface area (Å²) in [4.78, 5) is 14.1. The first-order valence-corrected chi connectivity index (χ1v) is 7.81. The average Bonchev–Trinajstić information content (AvgIpc) is 2.52. The minimum absolute atomic E-state index is 0.125. The quantitative estimate of drug-likeness (QED) is 0.891. The van der Waals surface area contributed by atoms with Crippen molar-refractivity contribution < 1.29 is 9.53 Å². The minimum Gasteiger partial charge on any atom is -0.494 e. The van der Waals surface area contributed by atoms with Gasteiger partial charge in [-0.1, -0.05) is 24.3 Å². The van der Waals surface area contributed by atoms with Crippen molar-refractivity contribution in [1.82, 2.24) is 4.90 Å². The standard InChI is InChI=1S/C19H24N2O2/c1-5-23-17-10-11-18(15(3)12-17)20-19(22)21(4)13-16-9-7-6-8-14(16)2/h6-12H,5,13H2,1-4H3,(H,20,22). The molecule has 23 heavy (non-hydrogen) atoms. The molecule has 0 unspecified atom stereocenters. The van der Waals surface area contributed by atoms with Crippen molar-refractivity contribution in [3.8, 4) is 5.75 Å². The van der Waals surface area contributed by atoms with Crippen LogP contribution in [0, 0.1) is 13.8 Å². The molecule has 0 aliphatic rings. The summed E-state index contributed by atoms with van der Waals surface area (Å²) >= 11 is 0. The van der Waals surface area contributed by atoms with Crippen LogP contribution in [0.1, 0.15) is 23.6 Å². The number of carbonyl (C=O) groups is 1. The van der Waals surface area contributed by atoms with Crippen molar-refractivity contribution in [2.45, 2.75) is 27.3 Å². The lowest BCUT2D eigenvalue weighted by Crippen LogP contribution is -2.31. The molecular formula is C19H24N2O2. The fourth-order valence-electron chi connectivity index (χ4n) is 2.36. The molecule has 0 radical (unpaired) electrons. The minimum atomic E-state index is -0.125. The number of rotatable bonds is 5. The van der Waals surface area contributed by atoms with Crippen LogP contribution in [-0.2, 0) is 6.54 Å². The van der Waals surface area contributed by atoms with Gasteiger partial charge in [0.05, 0.1) is 6.61 Å². The molecular weight excluding hydrogens is 288 g/mol. The molecule has 0 aliphatic heterocycles. The Hall–Kier alpha value is -2.49. The number of hydrogen-bond acceptors (Lipinski definition) is 2. The van der Waals surface area contributed by atoms with Crippen molar-refractivity contribution in [2.75, 3.05) is 19.0 Å². The zero-order valence-electron chi connectivity index (χ0n) is 14.2. The van der Waals surface area contributed by atoms with Crippen LogP contribution in [0.4, 0.5) is 10.5 Å². The van der Waals surface area contributed by atoms with Crippen LogP contribution in [0.2, 0.25) is 0 Å². The van der Waals surface area contributed by atoms with Crippen LogP contribution in [0.15, 0.2) is 42.5 Å². The predicted molar refractivity (Wildman–Crippen MR) is 94.0 cm³/mol. The summed E-state index contributed by atoms with van der Waals surface area (Å²) in [7, 11) is 1.80. The number of ether oxygens (including phenoxy) is 1. The lowest BCUT2D eigenvalue weighted by Gasteiger charge is -2.20. The number of carbonyl (C=O) groups excluding carboxylic acids is 1. The Labute approximate surface area is 138 Å². The molecule has 0 fully saturated rings. The van der Waals surface area contributed by atoms with Crippen LogP contribution in [0.5, 0.6) is 5.75 Å². The Morgan fingerprint density at radius 1 is 1.13 bits per heavy atom. The van der Waals surface area contributed by atoms with Gasteiger partial charge < -0.3 is 15.0 Å². The second-order valence-electron chi connectivity index (χ2n) is 5.62. The van der Waals surface area contributed by atoms with Gasteiger partial charge in [-0.25, -0.2) is 4.79 Å². The van der Waals surface area contributed by atoms with Gasteiger partial charge in [0.1, 0.15) is 5.75 Å². The summed E-state index contributed by atoms with van der Waals surface area (Å²) in [6.07, 6.45) is 0. The van der Waals surface area contributed by atoms with Gasteiger partial charge in [-0.2, -0.15) is 0 Å². The first-order valence-electron chi connectivity index (χ1n) is 7.81. The van der Waals surface area contributed by atoms with Gasteiger partial charge in [-0.3, -0.25) is 0 Å². The lowest BCUT2D eigenvalue weighted by atomic mass is 10.1. The first kappa shape index (κ1) is 16.9. The highest BCUT2D eigenvalue weighted by Crippen LogP contribution is 2.22. The summed E-state index contributed by atoms with van der Waals surface area (Å²) in [6, 6.07) is 13.6. The topological polar surface area (TPSA) is 41.6 Å². The first-order chi connectivity index (χ1) is 11.0. The molecule has 4 heteroatoms. The fourth-order valence-corrected chi connectivity index (χ4v) is 2.36. The molecule has 2 aromatic carbocycles. The normalized spacial score (nSPS) is 10.3. The molecule has 0 saturated carbocycles. The lowest BCUT2D eigenvalue weighted by molar-refractivity contribution is 0.220. The van der Waals surface area contributed by atoms with Gasteiger partial charge in [-0.05, 0) is 55.7 Å². The maximum atomic E-state index is 12.4. The molecule has 2 aromatic rings. The van der Waals surface area contributed by atoms with Gasteiger partial charge >= 0.3 is 6.03 Å². The second-order valence-corrected chi connectivity index (χ2v) is 5.62. The zero-order chi connectivity index (χ0) is 16.8. The van der Waals surface area contributed by atoms with Gasteiger partial charge in [0.15, 0.2) is 0 Å². The second kappa shape index (κ2) is 7.68. The maximum absolute atomic E-state index is 12.4. The van der Waals surface area contributed by atoms with Crippen LogP contribution in [-0.4, -0.2) is 24.6 Å². The molecule has 0 spiro atoms. The van der Waals surface area contributed by atoms with E-state index in [9.17, 15) is 4.79 Å². The third-order valence-corrected chi connectivity index (χ3v) is 3.77. The van der Waals surface area contributed by atoms with E-state index in [1.54, 1.807) is 11.9 Å². The van der Waals surface area contributed by atoms with Gasteiger partial charge in [0.25, 0.3) is 0 Å². The zero-order valence-corrected chi connectivity index (χ0v) is 14.2. The van der Waals surface area contributed by atoms with E-state index in [1.807, 2.05) is 50.2 Å². The van der Waals surface area contributed by atoms with E-state index in [-0.39, 0.29) is 6.03 Å². The Morgan fingerprint density at radius 2 is 1.87 bits per heavy atom. The van der Waals surface area contributed by atoms with Crippen molar-refractivity contribution in [1.29, 1.82) is 0 Å². The number of amides is 2. The molecule has 0 aromatic heterocycles. The fraction of sp³-hybridized carbons (Fsp3) is 0.316. The molecule has 0 heterocycles. The van der Waals surface area contributed by atoms with Crippen molar-refractivity contribution >= 4 is 11.7 Å². The van der Waals surface area contributed by atoms with E-state index in [2.05, 4.69) is 18.3 Å². The van der Waals surface area contributed by atoms with Crippen LogP contribution in [0.3, 0.4) is 0 Å². The SMILES string of the molecule is CCOc1ccc(NC(=O)N(C)Cc2ccccc2C)c(C)c1. The Bertz CT molecular complexity index is 683. The number of nitrogens with one attached hydrogen (secondary N) is 1. The molecule has 0 saturated heterocycles. The van der Waals surface area contributed by atoms with Crippen molar-refractivity contribution in [3.05, 3.63) is 59.2 Å². The van der Waals surface area contributed by atoms with E-state index in [1.165, 1.54) is 5.56 Å². The van der Waals surface area contributed by atoms with Crippen molar-refractivity contribution in [2.24, 2.45) is 0 Å². The molecule has 122 valence electrons. The third kappa shape index (κ3) is 4.49. The number of aryl methyl sites for hydroxylation is 2. The molecule has 0 bridgehead atoms. The van der Waals surface area contributed by atoms with Gasteiger partial charge in [0, 0.05) is 19.3 Å². The molecule has 0 aliphatic carbocycles. The highest BCUT2D eigenvalue weighted by atomic mass is 16.5. The average molecular weight is 312 g/mol. The molecule has 1 N–H and O–H groups in total. The van der Waals surface area contributed by atoms with Gasteiger partial charge in [0.2, 0.25) is 0 Å². The Balaban J connectivity index is 2.02. The van der Waals surface area contributed by atoms with Crippen LogP contribution in [0.25, 0.3) is 0 Å². The number of benzene rings is 2. The number of nitrogens with zero attached hydrogens (tertiary/aromatic N) is 1. The van der Waals surface area contributed by atoms with Gasteiger partial charge in [-0.15, -0.1) is 0 Å². The smallest absolute Gasteiger partial charge is 0.321 e. The maximum Gasteiger partial charge on any atom is 0.321 e. The summed E-state index contributed by atoms with van der Waals surface area (Å²) in [5.41, 5.74) is 4.11. The highest BCUT2D eigenvalue weighted by molar-refractivity contribution is 5.90. The van der Waals surface area contributed by atoms with E-state index >= 15 is 0 Å². The van der Waals surface area contributed by atoms with Crippen molar-refractivity contribution in [3.63, 3.8) is 0 Å². The third-order valence-electron chi connectivity index (χ3n) is 3.77. The van der Waals surface area contributed by atoms with Crippen LogP contribution >= 0.6 is 0 Å². The molecule has 4 nitrogen and oxygen atoms in total. The largest absolute Gasteiger partial charge is 0.494 e. The van der Waals surface area contributed by atoms with E-state index in [0.29, 0.717) is 13.2 Å². The summed E-state index contributed by atoms with van der Waals surface area (Å²) < 4.78 is 5.46. The van der Waals surface area contributed by atoms with E-state index in [4.69, 9.17) is 4.74 Å². The van der Waals surface area contributed by atoms with E-state index < -0.39 is 0 Å². The number of hydrogen-bond donors (Lipinski definition) is 1. The Morgan fingerprint density at radius 3 is 2.52 bits per heavy atom. The monoisotopic (exact) mass is 312 g/mol. The van der Waals surface area contributed by atoms with Crippen LogP contribution < -0.4 is 10.1 Å². The summed E-state index contributed by atoms with van der Waals surface area (Å²) in [6.45, 7) is 7.17. The number of urea groups is 1.